The van der Waals surface area contributed by atoms with Gasteiger partial charge in [-0.25, -0.2) is 9.69 Å². The van der Waals surface area contributed by atoms with Crippen molar-refractivity contribution in [3.63, 3.8) is 0 Å². The van der Waals surface area contributed by atoms with Gasteiger partial charge in [-0.15, -0.1) is 0 Å². The standard InChI is InChI=1S/C25H21N3O6/c1-32-19-6-4-18(5-7-19)28-24(30)20(23(29)27-25(28)31)13-17-3-8-21(22(14-17)33-2)34-15-16-9-11-26-12-10-16/h3-14H,15H2,1-2H3,(H,27,29,31)/b20-13+. The van der Waals surface area contributed by atoms with Crippen LogP contribution in [0.4, 0.5) is 10.5 Å². The second-order valence-electron chi connectivity index (χ2n) is 7.21. The maximum absolute atomic E-state index is 13.1. The van der Waals surface area contributed by atoms with Crippen molar-refractivity contribution in [1.82, 2.24) is 10.3 Å². The third-order valence-corrected chi connectivity index (χ3v) is 5.07. The number of barbiturate groups is 1. The molecule has 1 N–H and O–H groups in total. The number of rotatable bonds is 7. The van der Waals surface area contributed by atoms with Crippen LogP contribution in [0.2, 0.25) is 0 Å². The van der Waals surface area contributed by atoms with Gasteiger partial charge in [-0.3, -0.25) is 19.9 Å². The van der Waals surface area contributed by atoms with E-state index in [9.17, 15) is 14.4 Å². The summed E-state index contributed by atoms with van der Waals surface area (Å²) in [6, 6.07) is 14.2. The van der Waals surface area contributed by atoms with Gasteiger partial charge in [-0.1, -0.05) is 6.07 Å². The van der Waals surface area contributed by atoms with Crippen LogP contribution in [0.25, 0.3) is 6.08 Å². The molecule has 0 aliphatic carbocycles. The number of anilines is 1. The minimum atomic E-state index is -0.824. The Labute approximate surface area is 195 Å². The number of pyridine rings is 1. The number of nitrogens with one attached hydrogen (secondary N) is 1. The van der Waals surface area contributed by atoms with Gasteiger partial charge in [0.05, 0.1) is 19.9 Å². The zero-order valence-corrected chi connectivity index (χ0v) is 18.5. The highest BCUT2D eigenvalue weighted by Crippen LogP contribution is 2.30. The molecule has 2 heterocycles. The molecule has 1 fully saturated rings. The number of methoxy groups -OCH3 is 2. The van der Waals surface area contributed by atoms with E-state index in [1.54, 1.807) is 54.9 Å². The Morgan fingerprint density at radius 2 is 1.65 bits per heavy atom. The zero-order chi connectivity index (χ0) is 24.1. The van der Waals surface area contributed by atoms with E-state index < -0.39 is 17.8 Å². The molecule has 0 spiro atoms. The number of amides is 4. The van der Waals surface area contributed by atoms with Gasteiger partial charge < -0.3 is 14.2 Å². The normalized spacial score (nSPS) is 14.7. The van der Waals surface area contributed by atoms with E-state index in [1.807, 2.05) is 12.1 Å². The van der Waals surface area contributed by atoms with Crippen LogP contribution in [0.1, 0.15) is 11.1 Å². The minimum absolute atomic E-state index is 0.192. The first kappa shape index (κ1) is 22.5. The second-order valence-corrected chi connectivity index (χ2v) is 7.21. The quantitative estimate of drug-likeness (QED) is 0.427. The van der Waals surface area contributed by atoms with E-state index in [1.165, 1.54) is 20.3 Å². The molecule has 0 saturated carbocycles. The summed E-state index contributed by atoms with van der Waals surface area (Å²) in [6.07, 6.45) is 4.75. The highest BCUT2D eigenvalue weighted by Gasteiger charge is 2.36. The summed E-state index contributed by atoms with van der Waals surface area (Å²) in [5.41, 5.74) is 1.58. The van der Waals surface area contributed by atoms with Crippen molar-refractivity contribution < 1.29 is 28.6 Å². The van der Waals surface area contributed by atoms with Crippen molar-refractivity contribution in [2.45, 2.75) is 6.61 Å². The second kappa shape index (κ2) is 9.86. The van der Waals surface area contributed by atoms with Gasteiger partial charge in [-0.2, -0.15) is 0 Å². The maximum atomic E-state index is 13.1. The van der Waals surface area contributed by atoms with Crippen LogP contribution in [0.3, 0.4) is 0 Å². The Morgan fingerprint density at radius 1 is 0.912 bits per heavy atom. The Morgan fingerprint density at radius 3 is 2.32 bits per heavy atom. The van der Waals surface area contributed by atoms with Gasteiger partial charge in [0.1, 0.15) is 17.9 Å². The van der Waals surface area contributed by atoms with Crippen LogP contribution < -0.4 is 24.4 Å². The number of nitrogens with zero attached hydrogens (tertiary/aromatic N) is 2. The largest absolute Gasteiger partial charge is 0.497 e. The molecule has 0 radical (unpaired) electrons. The predicted octanol–water partition coefficient (Wildman–Crippen LogP) is 3.34. The first-order valence-electron chi connectivity index (χ1n) is 10.3. The molecular formula is C25H21N3O6. The summed E-state index contributed by atoms with van der Waals surface area (Å²) in [7, 11) is 3.01. The average molecular weight is 459 g/mol. The first-order valence-corrected chi connectivity index (χ1v) is 10.3. The molecule has 2 aromatic carbocycles. The molecule has 9 nitrogen and oxygen atoms in total. The Kier molecular flexibility index (Phi) is 6.54. The van der Waals surface area contributed by atoms with Crippen molar-refractivity contribution >= 4 is 29.6 Å². The number of hydrogen-bond donors (Lipinski definition) is 1. The molecule has 1 saturated heterocycles. The number of hydrogen-bond acceptors (Lipinski definition) is 7. The Bertz CT molecular complexity index is 1260. The van der Waals surface area contributed by atoms with Crippen LogP contribution in [0.5, 0.6) is 17.2 Å². The van der Waals surface area contributed by atoms with Crippen molar-refractivity contribution in [3.05, 3.63) is 83.7 Å². The summed E-state index contributed by atoms with van der Waals surface area (Å²) in [5, 5.41) is 2.20. The molecule has 4 amide bonds. The van der Waals surface area contributed by atoms with Crippen LogP contribution in [0, 0.1) is 0 Å². The number of imide groups is 2. The molecule has 1 aliphatic rings. The number of carbonyl (C=O) groups is 3. The summed E-state index contributed by atoms with van der Waals surface area (Å²) in [5.74, 6) is -0.0301. The van der Waals surface area contributed by atoms with Crippen LogP contribution >= 0.6 is 0 Å². The molecular weight excluding hydrogens is 438 g/mol. The minimum Gasteiger partial charge on any atom is -0.497 e. The van der Waals surface area contributed by atoms with Gasteiger partial charge in [0.25, 0.3) is 11.8 Å². The van der Waals surface area contributed by atoms with Crippen LogP contribution in [-0.4, -0.2) is 37.0 Å². The van der Waals surface area contributed by atoms with E-state index in [0.29, 0.717) is 35.1 Å². The van der Waals surface area contributed by atoms with Gasteiger partial charge in [0.15, 0.2) is 11.5 Å². The zero-order valence-electron chi connectivity index (χ0n) is 18.5. The van der Waals surface area contributed by atoms with E-state index in [4.69, 9.17) is 14.2 Å². The molecule has 9 heteroatoms. The fraction of sp³-hybridized carbons (Fsp3) is 0.120. The summed E-state index contributed by atoms with van der Waals surface area (Å²) < 4.78 is 16.4. The molecule has 0 atom stereocenters. The number of benzene rings is 2. The topological polar surface area (TPSA) is 107 Å². The number of urea groups is 1. The lowest BCUT2D eigenvalue weighted by atomic mass is 10.1. The molecule has 172 valence electrons. The fourth-order valence-corrected chi connectivity index (χ4v) is 3.32. The van der Waals surface area contributed by atoms with E-state index in [-0.39, 0.29) is 5.57 Å². The van der Waals surface area contributed by atoms with Gasteiger partial charge >= 0.3 is 6.03 Å². The number of ether oxygens (including phenoxy) is 3. The van der Waals surface area contributed by atoms with Crippen molar-refractivity contribution in [1.29, 1.82) is 0 Å². The molecule has 0 unspecified atom stereocenters. The summed E-state index contributed by atoms with van der Waals surface area (Å²) >= 11 is 0. The highest BCUT2D eigenvalue weighted by molar-refractivity contribution is 6.39. The SMILES string of the molecule is COc1ccc(N2C(=O)NC(=O)/C(=C\c3ccc(OCc4ccncc4)c(OC)c3)C2=O)cc1. The van der Waals surface area contributed by atoms with E-state index in [2.05, 4.69) is 10.3 Å². The van der Waals surface area contributed by atoms with Crippen molar-refractivity contribution in [3.8, 4) is 17.2 Å². The monoisotopic (exact) mass is 459 g/mol. The fourth-order valence-electron chi connectivity index (χ4n) is 3.32. The third kappa shape index (κ3) is 4.73. The summed E-state index contributed by atoms with van der Waals surface area (Å²) in [6.45, 7) is 0.319. The molecule has 1 aliphatic heterocycles. The molecule has 4 rings (SSSR count). The lowest BCUT2D eigenvalue weighted by Gasteiger charge is -2.26. The van der Waals surface area contributed by atoms with Gasteiger partial charge in [0, 0.05) is 12.4 Å². The molecule has 1 aromatic heterocycles. The summed E-state index contributed by atoms with van der Waals surface area (Å²) in [4.78, 5) is 42.8. The van der Waals surface area contributed by atoms with E-state index in [0.717, 1.165) is 10.5 Å². The lowest BCUT2D eigenvalue weighted by Crippen LogP contribution is -2.54. The molecule has 0 bridgehead atoms. The van der Waals surface area contributed by atoms with Crippen molar-refractivity contribution in [2.24, 2.45) is 0 Å². The van der Waals surface area contributed by atoms with Crippen LogP contribution in [0.15, 0.2) is 72.6 Å². The van der Waals surface area contributed by atoms with E-state index >= 15 is 0 Å². The number of carbonyl (C=O) groups excluding carboxylic acids is 3. The Hall–Kier alpha value is -4.66. The predicted molar refractivity (Wildman–Crippen MR) is 124 cm³/mol. The molecule has 3 aromatic rings. The third-order valence-electron chi connectivity index (χ3n) is 5.07. The molecule has 34 heavy (non-hydrogen) atoms. The maximum Gasteiger partial charge on any atom is 0.335 e. The Balaban J connectivity index is 1.59. The van der Waals surface area contributed by atoms with Crippen LogP contribution in [-0.2, 0) is 16.2 Å². The van der Waals surface area contributed by atoms with Crippen molar-refractivity contribution in [2.75, 3.05) is 19.1 Å². The smallest absolute Gasteiger partial charge is 0.335 e. The van der Waals surface area contributed by atoms with Gasteiger partial charge in [-0.05, 0) is 65.7 Å². The first-order chi connectivity index (χ1) is 16.5. The number of aromatic nitrogens is 1. The highest BCUT2D eigenvalue weighted by atomic mass is 16.5. The lowest BCUT2D eigenvalue weighted by molar-refractivity contribution is -0.122. The average Bonchev–Trinajstić information content (AvgIpc) is 2.86. The van der Waals surface area contributed by atoms with Gasteiger partial charge in [0.2, 0.25) is 0 Å².